The van der Waals surface area contributed by atoms with Crippen molar-refractivity contribution in [2.24, 2.45) is 0 Å². The van der Waals surface area contributed by atoms with Crippen LogP contribution in [0.15, 0.2) is 47.7 Å². The molecule has 0 aromatic carbocycles. The SMILES string of the molecule is O=C(O)N1CCC(Oc2ccn(-c3cccnc3)c(=O)c2)CC1. The Kier molecular flexibility index (Phi) is 4.27. The number of pyridine rings is 2. The highest BCUT2D eigenvalue weighted by Gasteiger charge is 2.23. The summed E-state index contributed by atoms with van der Waals surface area (Å²) in [6, 6.07) is 6.74. The fourth-order valence-corrected chi connectivity index (χ4v) is 2.60. The Morgan fingerprint density at radius 3 is 2.70 bits per heavy atom. The summed E-state index contributed by atoms with van der Waals surface area (Å²) in [6.45, 7) is 0.902. The molecule has 7 heteroatoms. The van der Waals surface area contributed by atoms with E-state index in [0.717, 1.165) is 0 Å². The predicted octanol–water partition coefficient (Wildman–Crippen LogP) is 1.75. The van der Waals surface area contributed by atoms with Crippen LogP contribution in [0.2, 0.25) is 0 Å². The molecule has 2 aromatic heterocycles. The van der Waals surface area contributed by atoms with Crippen LogP contribution < -0.4 is 10.3 Å². The molecule has 23 heavy (non-hydrogen) atoms. The third-order valence-corrected chi connectivity index (χ3v) is 3.83. The van der Waals surface area contributed by atoms with Gasteiger partial charge in [0.25, 0.3) is 5.56 Å². The van der Waals surface area contributed by atoms with Gasteiger partial charge in [-0.3, -0.25) is 14.3 Å². The van der Waals surface area contributed by atoms with Gasteiger partial charge in [-0.25, -0.2) is 4.79 Å². The second kappa shape index (κ2) is 6.51. The van der Waals surface area contributed by atoms with Crippen LogP contribution >= 0.6 is 0 Å². The highest BCUT2D eigenvalue weighted by Crippen LogP contribution is 2.18. The van der Waals surface area contributed by atoms with E-state index in [-0.39, 0.29) is 11.7 Å². The Balaban J connectivity index is 1.68. The topological polar surface area (TPSA) is 84.7 Å². The maximum Gasteiger partial charge on any atom is 0.407 e. The zero-order valence-electron chi connectivity index (χ0n) is 12.5. The Bertz CT molecular complexity index is 736. The van der Waals surface area contributed by atoms with Gasteiger partial charge in [-0.1, -0.05) is 0 Å². The van der Waals surface area contributed by atoms with E-state index < -0.39 is 6.09 Å². The third kappa shape index (κ3) is 3.50. The summed E-state index contributed by atoms with van der Waals surface area (Å²) in [6.07, 6.45) is 5.19. The first-order valence-electron chi connectivity index (χ1n) is 7.41. The monoisotopic (exact) mass is 315 g/mol. The number of hydrogen-bond donors (Lipinski definition) is 1. The van der Waals surface area contributed by atoms with E-state index in [1.54, 1.807) is 36.8 Å². The first-order chi connectivity index (χ1) is 11.1. The number of amides is 1. The lowest BCUT2D eigenvalue weighted by Crippen LogP contribution is -2.41. The minimum atomic E-state index is -0.900. The second-order valence-electron chi connectivity index (χ2n) is 5.37. The lowest BCUT2D eigenvalue weighted by Gasteiger charge is -2.30. The molecule has 2 aromatic rings. The molecule has 0 spiro atoms. The minimum Gasteiger partial charge on any atom is -0.490 e. The summed E-state index contributed by atoms with van der Waals surface area (Å²) in [5, 5.41) is 8.93. The molecule has 0 saturated carbocycles. The molecular weight excluding hydrogens is 298 g/mol. The predicted molar refractivity (Wildman–Crippen MR) is 83.1 cm³/mol. The van der Waals surface area contributed by atoms with E-state index in [1.165, 1.54) is 15.5 Å². The van der Waals surface area contributed by atoms with Crippen LogP contribution in [0, 0.1) is 0 Å². The maximum absolute atomic E-state index is 12.2. The van der Waals surface area contributed by atoms with Crippen molar-refractivity contribution in [3.8, 4) is 11.4 Å². The molecule has 1 aliphatic rings. The standard InChI is InChI=1S/C16H17N3O4/c20-15-10-14(5-9-19(15)12-2-1-6-17-11-12)23-13-3-7-18(8-4-13)16(21)22/h1-2,5-6,9-11,13H,3-4,7-8H2,(H,21,22). The Hall–Kier alpha value is -2.83. The van der Waals surface area contributed by atoms with Crippen molar-refractivity contribution < 1.29 is 14.6 Å². The average Bonchev–Trinajstić information content (AvgIpc) is 2.56. The quantitative estimate of drug-likeness (QED) is 0.933. The molecular formula is C16H17N3O4. The number of ether oxygens (including phenoxy) is 1. The van der Waals surface area contributed by atoms with E-state index in [9.17, 15) is 9.59 Å². The first-order valence-corrected chi connectivity index (χ1v) is 7.41. The van der Waals surface area contributed by atoms with Crippen molar-refractivity contribution in [3.63, 3.8) is 0 Å². The van der Waals surface area contributed by atoms with Crippen molar-refractivity contribution in [2.45, 2.75) is 18.9 Å². The number of carbonyl (C=O) groups is 1. The summed E-state index contributed by atoms with van der Waals surface area (Å²) in [5.74, 6) is 0.504. The van der Waals surface area contributed by atoms with Crippen molar-refractivity contribution in [1.29, 1.82) is 0 Å². The number of hydrogen-bond acceptors (Lipinski definition) is 4. The Morgan fingerprint density at radius 1 is 1.30 bits per heavy atom. The van der Waals surface area contributed by atoms with Gasteiger partial charge < -0.3 is 14.7 Å². The summed E-state index contributed by atoms with van der Waals surface area (Å²) in [4.78, 5) is 28.4. The van der Waals surface area contributed by atoms with E-state index in [4.69, 9.17) is 9.84 Å². The number of likely N-dealkylation sites (tertiary alicyclic amines) is 1. The Labute approximate surface area is 132 Å². The highest BCUT2D eigenvalue weighted by molar-refractivity contribution is 5.65. The van der Waals surface area contributed by atoms with Gasteiger partial charge in [0.2, 0.25) is 0 Å². The number of nitrogens with zero attached hydrogens (tertiary/aromatic N) is 3. The van der Waals surface area contributed by atoms with Gasteiger partial charge in [0.1, 0.15) is 11.9 Å². The molecule has 1 saturated heterocycles. The number of aromatic nitrogens is 2. The molecule has 3 rings (SSSR count). The largest absolute Gasteiger partial charge is 0.490 e. The molecule has 0 atom stereocenters. The van der Waals surface area contributed by atoms with E-state index in [2.05, 4.69) is 4.98 Å². The smallest absolute Gasteiger partial charge is 0.407 e. The normalized spacial score (nSPS) is 15.4. The van der Waals surface area contributed by atoms with Crippen molar-refractivity contribution in [3.05, 3.63) is 53.2 Å². The third-order valence-electron chi connectivity index (χ3n) is 3.83. The average molecular weight is 315 g/mol. The number of piperidine rings is 1. The molecule has 1 fully saturated rings. The van der Waals surface area contributed by atoms with E-state index in [0.29, 0.717) is 37.4 Å². The van der Waals surface area contributed by atoms with Crippen LogP contribution in [0.1, 0.15) is 12.8 Å². The lowest BCUT2D eigenvalue weighted by molar-refractivity contribution is 0.0893. The fourth-order valence-electron chi connectivity index (χ4n) is 2.60. The van der Waals surface area contributed by atoms with Crippen molar-refractivity contribution in [2.75, 3.05) is 13.1 Å². The molecule has 1 amide bonds. The zero-order chi connectivity index (χ0) is 16.2. The second-order valence-corrected chi connectivity index (χ2v) is 5.37. The van der Waals surface area contributed by atoms with Gasteiger partial charge in [-0.2, -0.15) is 0 Å². The van der Waals surface area contributed by atoms with Crippen LogP contribution in [0.3, 0.4) is 0 Å². The van der Waals surface area contributed by atoms with E-state index >= 15 is 0 Å². The van der Waals surface area contributed by atoms with Crippen LogP contribution in [0.25, 0.3) is 5.69 Å². The van der Waals surface area contributed by atoms with Gasteiger partial charge in [0.15, 0.2) is 0 Å². The summed E-state index contributed by atoms with van der Waals surface area (Å²) < 4.78 is 7.30. The fraction of sp³-hybridized carbons (Fsp3) is 0.312. The summed E-state index contributed by atoms with van der Waals surface area (Å²) >= 11 is 0. The summed E-state index contributed by atoms with van der Waals surface area (Å²) in [5.41, 5.74) is 0.497. The molecule has 120 valence electrons. The lowest BCUT2D eigenvalue weighted by atomic mass is 10.1. The number of rotatable bonds is 3. The van der Waals surface area contributed by atoms with Crippen LogP contribution in [-0.4, -0.2) is 44.8 Å². The summed E-state index contributed by atoms with van der Waals surface area (Å²) in [7, 11) is 0. The zero-order valence-corrected chi connectivity index (χ0v) is 12.5. The van der Waals surface area contributed by atoms with Gasteiger partial charge >= 0.3 is 6.09 Å². The van der Waals surface area contributed by atoms with E-state index in [1.807, 2.05) is 0 Å². The van der Waals surface area contributed by atoms with Crippen LogP contribution in [0.4, 0.5) is 4.79 Å². The van der Waals surface area contributed by atoms with Crippen LogP contribution in [-0.2, 0) is 0 Å². The van der Waals surface area contributed by atoms with Gasteiger partial charge in [-0.15, -0.1) is 0 Å². The van der Waals surface area contributed by atoms with Crippen molar-refractivity contribution >= 4 is 6.09 Å². The molecule has 0 bridgehead atoms. The Morgan fingerprint density at radius 2 is 2.09 bits per heavy atom. The van der Waals surface area contributed by atoms with Crippen LogP contribution in [0.5, 0.6) is 5.75 Å². The molecule has 0 radical (unpaired) electrons. The molecule has 1 N–H and O–H groups in total. The number of carboxylic acid groups (broad SMARTS) is 1. The molecule has 3 heterocycles. The van der Waals surface area contributed by atoms with Gasteiger partial charge in [0.05, 0.1) is 11.9 Å². The van der Waals surface area contributed by atoms with Gasteiger partial charge in [0, 0.05) is 44.4 Å². The minimum absolute atomic E-state index is 0.0701. The maximum atomic E-state index is 12.2. The molecule has 0 unspecified atom stereocenters. The van der Waals surface area contributed by atoms with Crippen molar-refractivity contribution in [1.82, 2.24) is 14.5 Å². The first kappa shape index (κ1) is 15.1. The molecule has 0 aliphatic carbocycles. The molecule has 7 nitrogen and oxygen atoms in total. The van der Waals surface area contributed by atoms with Gasteiger partial charge in [-0.05, 0) is 18.2 Å². The molecule has 1 aliphatic heterocycles. The highest BCUT2D eigenvalue weighted by atomic mass is 16.5.